The van der Waals surface area contributed by atoms with E-state index in [2.05, 4.69) is 80.5 Å². The quantitative estimate of drug-likeness (QED) is 0.0861. The lowest BCUT2D eigenvalue weighted by atomic mass is 9.76. The lowest BCUT2D eigenvalue weighted by Crippen LogP contribution is -2.31. The normalized spacial score (nSPS) is 16.3. The average molecular weight is 644 g/mol. The van der Waals surface area contributed by atoms with Crippen LogP contribution >= 0.6 is 0 Å². The maximum atomic E-state index is 14.1. The Morgan fingerprint density at radius 3 is 2.10 bits per heavy atom. The number of hydrogen-bond donors (Lipinski definition) is 2. The predicted molar refractivity (Wildman–Crippen MR) is 197 cm³/mol. The number of nitrogens with zero attached hydrogens (tertiary/aromatic N) is 2. The van der Waals surface area contributed by atoms with Crippen molar-refractivity contribution in [3.05, 3.63) is 101 Å². The number of rotatable bonds is 13. The topological polar surface area (TPSA) is 80.8 Å². The maximum absolute atomic E-state index is 14.1. The Hall–Kier alpha value is -4.71. The van der Waals surface area contributed by atoms with Crippen molar-refractivity contribution >= 4 is 56.0 Å². The summed E-state index contributed by atoms with van der Waals surface area (Å²) in [4.78, 5) is 28.4. The standard InChI is InChI=1S/C42H46N2O4/c1-6-9-20-43(21-10-7-2)35-19-17-30(31-23-27-14-12-13-15-28(27)24-32(31)35)38-39(45)33(40(38)46)26-37-42(4,5)34-25-29(41(47)48)16-18-36(34)44(37)22-11-8-3/h12-19,23-26H,6-11,20-22H2,1-5H3,(H-,45,46,47,48)/p+1. The number of aromatic carboxylic acids is 1. The van der Waals surface area contributed by atoms with Crippen LogP contribution in [-0.4, -0.2) is 51.9 Å². The second-order valence-electron chi connectivity index (χ2n) is 13.7. The fourth-order valence-electron chi connectivity index (χ4n) is 7.33. The van der Waals surface area contributed by atoms with E-state index in [-0.39, 0.29) is 17.1 Å². The fourth-order valence-corrected chi connectivity index (χ4v) is 7.33. The highest BCUT2D eigenvalue weighted by Gasteiger charge is 2.47. The van der Waals surface area contributed by atoms with E-state index >= 15 is 0 Å². The molecule has 0 spiro atoms. The number of carbonyl (C=O) groups excluding carboxylic acids is 1. The van der Waals surface area contributed by atoms with Crippen LogP contribution in [0.3, 0.4) is 0 Å². The number of aliphatic hydroxyl groups excluding tert-OH is 1. The molecule has 4 aromatic rings. The maximum Gasteiger partial charge on any atom is 0.335 e. The molecule has 0 unspecified atom stereocenters. The molecule has 248 valence electrons. The van der Waals surface area contributed by atoms with Crippen LogP contribution in [0, 0.1) is 0 Å². The molecule has 6 nitrogen and oxygen atoms in total. The highest BCUT2D eigenvalue weighted by molar-refractivity contribution is 6.41. The number of allylic oxidation sites excluding steroid dienone is 3. The minimum atomic E-state index is -0.968. The minimum Gasteiger partial charge on any atom is -0.506 e. The molecule has 1 aliphatic carbocycles. The van der Waals surface area contributed by atoms with Crippen LogP contribution < -0.4 is 4.90 Å². The Bertz CT molecular complexity index is 2020. The second kappa shape index (κ2) is 13.4. The van der Waals surface area contributed by atoms with Gasteiger partial charge in [0.05, 0.1) is 22.1 Å². The summed E-state index contributed by atoms with van der Waals surface area (Å²) in [6.07, 6.45) is 8.19. The molecular weight excluding hydrogens is 596 g/mol. The number of aliphatic hydroxyl groups is 1. The van der Waals surface area contributed by atoms with Crippen molar-refractivity contribution < 1.29 is 24.4 Å². The van der Waals surface area contributed by atoms with Crippen molar-refractivity contribution in [3.63, 3.8) is 0 Å². The first kappa shape index (κ1) is 33.2. The van der Waals surface area contributed by atoms with Crippen LogP contribution in [0.25, 0.3) is 27.1 Å². The van der Waals surface area contributed by atoms with Gasteiger partial charge in [-0.1, -0.05) is 70.4 Å². The van der Waals surface area contributed by atoms with Crippen molar-refractivity contribution in [3.8, 4) is 0 Å². The van der Waals surface area contributed by atoms with Gasteiger partial charge in [0.15, 0.2) is 5.71 Å². The van der Waals surface area contributed by atoms with Crippen LogP contribution in [0.4, 0.5) is 11.4 Å². The van der Waals surface area contributed by atoms with Gasteiger partial charge in [-0.25, -0.2) is 4.79 Å². The zero-order valence-corrected chi connectivity index (χ0v) is 28.9. The first-order valence-electron chi connectivity index (χ1n) is 17.6. The third-order valence-electron chi connectivity index (χ3n) is 10.2. The average Bonchev–Trinajstić information content (AvgIpc) is 3.30. The molecule has 1 heterocycles. The largest absolute Gasteiger partial charge is 0.506 e. The minimum absolute atomic E-state index is 0.0111. The molecule has 0 saturated carbocycles. The summed E-state index contributed by atoms with van der Waals surface area (Å²) >= 11 is 0. The first-order valence-corrected chi connectivity index (χ1v) is 17.6. The van der Waals surface area contributed by atoms with Gasteiger partial charge >= 0.3 is 5.97 Å². The third kappa shape index (κ3) is 5.72. The van der Waals surface area contributed by atoms with E-state index in [4.69, 9.17) is 0 Å². The monoisotopic (exact) mass is 643 g/mol. The van der Waals surface area contributed by atoms with Gasteiger partial charge in [-0.05, 0) is 78.7 Å². The smallest absolute Gasteiger partial charge is 0.335 e. The van der Waals surface area contributed by atoms with Gasteiger partial charge < -0.3 is 15.1 Å². The van der Waals surface area contributed by atoms with Crippen molar-refractivity contribution in [2.24, 2.45) is 0 Å². The molecule has 6 rings (SSSR count). The van der Waals surface area contributed by atoms with Gasteiger partial charge in [0.1, 0.15) is 12.3 Å². The molecule has 6 heteroatoms. The number of fused-ring (bicyclic) bond motifs is 3. The van der Waals surface area contributed by atoms with Gasteiger partial charge in [0.2, 0.25) is 11.5 Å². The summed E-state index contributed by atoms with van der Waals surface area (Å²) in [5.41, 5.74) is 4.98. The van der Waals surface area contributed by atoms with Gasteiger partial charge in [-0.15, -0.1) is 0 Å². The molecule has 0 aromatic heterocycles. The van der Waals surface area contributed by atoms with Gasteiger partial charge in [0.25, 0.3) is 0 Å². The number of unbranched alkanes of at least 4 members (excludes halogenated alkanes) is 3. The molecule has 48 heavy (non-hydrogen) atoms. The number of benzene rings is 4. The molecule has 0 saturated heterocycles. The number of hydrogen-bond acceptors (Lipinski definition) is 4. The molecule has 0 bridgehead atoms. The van der Waals surface area contributed by atoms with Crippen LogP contribution in [0.1, 0.15) is 94.6 Å². The molecule has 0 fully saturated rings. The molecule has 0 radical (unpaired) electrons. The van der Waals surface area contributed by atoms with Gasteiger partial charge in [-0.3, -0.25) is 4.79 Å². The fraction of sp³-hybridized carbons (Fsp3) is 0.357. The Morgan fingerprint density at radius 1 is 0.854 bits per heavy atom. The number of Topliss-reactive ketones (excluding diaryl/α,β-unsaturated/α-hetero) is 1. The summed E-state index contributed by atoms with van der Waals surface area (Å²) in [6.45, 7) is 13.4. The third-order valence-corrected chi connectivity index (χ3v) is 10.2. The van der Waals surface area contributed by atoms with Crippen molar-refractivity contribution in [1.29, 1.82) is 0 Å². The summed E-state index contributed by atoms with van der Waals surface area (Å²) < 4.78 is 2.19. The van der Waals surface area contributed by atoms with E-state index < -0.39 is 11.4 Å². The van der Waals surface area contributed by atoms with Crippen molar-refractivity contribution in [2.75, 3.05) is 24.5 Å². The lowest BCUT2D eigenvalue weighted by molar-refractivity contribution is -0.438. The molecular formula is C42H47N2O4+. The Kier molecular flexibility index (Phi) is 9.28. The van der Waals surface area contributed by atoms with E-state index in [1.54, 1.807) is 12.1 Å². The van der Waals surface area contributed by atoms with Crippen molar-refractivity contribution in [1.82, 2.24) is 0 Å². The van der Waals surface area contributed by atoms with Crippen LogP contribution in [-0.2, 0) is 10.2 Å². The second-order valence-corrected chi connectivity index (χ2v) is 13.7. The highest BCUT2D eigenvalue weighted by Crippen LogP contribution is 2.45. The Balaban J connectivity index is 1.49. The zero-order valence-electron chi connectivity index (χ0n) is 28.9. The predicted octanol–water partition coefficient (Wildman–Crippen LogP) is 9.75. The molecule has 1 aliphatic heterocycles. The van der Waals surface area contributed by atoms with Crippen LogP contribution in [0.5, 0.6) is 0 Å². The number of carboxylic acid groups (broad SMARTS) is 1. The van der Waals surface area contributed by atoms with E-state index in [0.29, 0.717) is 11.1 Å². The van der Waals surface area contributed by atoms with E-state index in [9.17, 15) is 19.8 Å². The molecule has 2 N–H and O–H groups in total. The Morgan fingerprint density at radius 2 is 1.50 bits per heavy atom. The number of carbonyl (C=O) groups is 2. The number of anilines is 1. The molecule has 2 aliphatic rings. The number of ketones is 1. The van der Waals surface area contributed by atoms with Gasteiger partial charge in [0, 0.05) is 48.3 Å². The Labute approximate surface area is 283 Å². The summed E-state index contributed by atoms with van der Waals surface area (Å²) in [7, 11) is 0. The van der Waals surface area contributed by atoms with Crippen LogP contribution in [0.15, 0.2) is 84.1 Å². The van der Waals surface area contributed by atoms with E-state index in [1.807, 2.05) is 24.3 Å². The number of carboxylic acids is 1. The highest BCUT2D eigenvalue weighted by atomic mass is 16.4. The molecule has 4 aromatic carbocycles. The molecule has 0 amide bonds. The van der Waals surface area contributed by atoms with Gasteiger partial charge in [-0.2, -0.15) is 4.58 Å². The summed E-state index contributed by atoms with van der Waals surface area (Å²) in [5.74, 6) is -1.13. The van der Waals surface area contributed by atoms with E-state index in [1.165, 1.54) is 0 Å². The summed E-state index contributed by atoms with van der Waals surface area (Å²) in [6, 6.07) is 22.1. The van der Waals surface area contributed by atoms with Crippen LogP contribution in [0.2, 0.25) is 0 Å². The SMILES string of the molecule is CCCCN(CCCC)c1ccc(C2=C(O)C(=CC3=[N+](CCCC)c4ccc(C(=O)O)cc4C3(C)C)C2=O)c2cc3ccccc3cc12. The zero-order chi connectivity index (χ0) is 34.2. The first-order chi connectivity index (χ1) is 23.1. The van der Waals surface area contributed by atoms with Crippen molar-refractivity contribution in [2.45, 2.75) is 78.6 Å². The molecule has 0 atom stereocenters. The lowest BCUT2D eigenvalue weighted by Gasteiger charge is -2.28. The summed E-state index contributed by atoms with van der Waals surface area (Å²) in [5, 5.41) is 25.7. The van der Waals surface area contributed by atoms with E-state index in [0.717, 1.165) is 108 Å².